The minimum atomic E-state index is -0.0772. The van der Waals surface area contributed by atoms with Gasteiger partial charge in [0.15, 0.2) is 0 Å². The van der Waals surface area contributed by atoms with Gasteiger partial charge in [-0.15, -0.1) is 0 Å². The first-order valence-electron chi connectivity index (χ1n) is 5.71. The van der Waals surface area contributed by atoms with Gasteiger partial charge in [-0.2, -0.15) is 0 Å². The molecule has 1 saturated heterocycles. The van der Waals surface area contributed by atoms with Crippen molar-refractivity contribution in [2.75, 3.05) is 12.3 Å². The molecule has 1 aromatic heterocycles. The number of rotatable bonds is 1. The van der Waals surface area contributed by atoms with E-state index in [1.165, 1.54) is 6.20 Å². The number of carbonyl (C=O) groups is 1. The smallest absolute Gasteiger partial charge is 0.257 e. The molecule has 1 fully saturated rings. The van der Waals surface area contributed by atoms with E-state index in [1.54, 1.807) is 6.07 Å². The number of nitrogens with zero attached hydrogens (tertiary/aromatic N) is 2. The molecule has 17 heavy (non-hydrogen) atoms. The van der Waals surface area contributed by atoms with Crippen LogP contribution in [0.2, 0.25) is 5.15 Å². The van der Waals surface area contributed by atoms with Gasteiger partial charge < -0.3 is 10.6 Å². The van der Waals surface area contributed by atoms with Crippen LogP contribution in [0, 0.1) is 5.92 Å². The SMILES string of the molecule is CC1CC(C)N(C(=O)c2cc(N)cnc2Cl)C1. The Hall–Kier alpha value is -1.29. The van der Waals surface area contributed by atoms with E-state index in [-0.39, 0.29) is 17.1 Å². The highest BCUT2D eigenvalue weighted by atomic mass is 35.5. The summed E-state index contributed by atoms with van der Waals surface area (Å²) in [5, 5.41) is 0.218. The molecule has 2 heterocycles. The van der Waals surface area contributed by atoms with Crippen molar-refractivity contribution in [3.8, 4) is 0 Å². The summed E-state index contributed by atoms with van der Waals surface area (Å²) in [4.78, 5) is 18.1. The quantitative estimate of drug-likeness (QED) is 0.781. The molecule has 4 nitrogen and oxygen atoms in total. The van der Waals surface area contributed by atoms with Crippen LogP contribution in [0.3, 0.4) is 0 Å². The molecule has 92 valence electrons. The summed E-state index contributed by atoms with van der Waals surface area (Å²) in [6, 6.07) is 1.84. The van der Waals surface area contributed by atoms with Crippen LogP contribution in [0.25, 0.3) is 0 Å². The van der Waals surface area contributed by atoms with Gasteiger partial charge in [-0.1, -0.05) is 18.5 Å². The number of hydrogen-bond acceptors (Lipinski definition) is 3. The van der Waals surface area contributed by atoms with E-state index in [0.717, 1.165) is 13.0 Å². The van der Waals surface area contributed by atoms with Crippen LogP contribution in [0.1, 0.15) is 30.6 Å². The standard InChI is InChI=1S/C12H16ClN3O/c1-7-3-8(2)16(6-7)12(17)10-4-9(14)5-15-11(10)13/h4-5,7-8H,3,6,14H2,1-2H3. The van der Waals surface area contributed by atoms with Gasteiger partial charge in [0.2, 0.25) is 0 Å². The van der Waals surface area contributed by atoms with Gasteiger partial charge in [-0.25, -0.2) is 4.98 Å². The number of aromatic nitrogens is 1. The highest BCUT2D eigenvalue weighted by Gasteiger charge is 2.31. The fourth-order valence-corrected chi connectivity index (χ4v) is 2.54. The Morgan fingerprint density at radius 1 is 1.59 bits per heavy atom. The third kappa shape index (κ3) is 2.36. The van der Waals surface area contributed by atoms with Crippen molar-refractivity contribution >= 4 is 23.2 Å². The molecule has 1 aliphatic rings. The van der Waals surface area contributed by atoms with Crippen molar-refractivity contribution in [3.05, 3.63) is 23.0 Å². The highest BCUT2D eigenvalue weighted by Crippen LogP contribution is 2.26. The van der Waals surface area contributed by atoms with Crippen molar-refractivity contribution in [3.63, 3.8) is 0 Å². The predicted octanol–water partition coefficient (Wildman–Crippen LogP) is 2.19. The van der Waals surface area contributed by atoms with Crippen LogP contribution in [-0.2, 0) is 0 Å². The molecule has 1 amide bonds. The molecule has 1 aromatic rings. The molecule has 2 atom stereocenters. The summed E-state index contributed by atoms with van der Waals surface area (Å²) in [7, 11) is 0. The topological polar surface area (TPSA) is 59.2 Å². The van der Waals surface area contributed by atoms with E-state index in [0.29, 0.717) is 17.2 Å². The minimum Gasteiger partial charge on any atom is -0.397 e. The molecule has 2 N–H and O–H groups in total. The average Bonchev–Trinajstić information content (AvgIpc) is 2.60. The molecule has 0 radical (unpaired) electrons. The lowest BCUT2D eigenvalue weighted by molar-refractivity contribution is 0.0743. The zero-order chi connectivity index (χ0) is 12.6. The summed E-state index contributed by atoms with van der Waals surface area (Å²) in [6.45, 7) is 4.96. The molecule has 0 saturated carbocycles. The maximum atomic E-state index is 12.3. The zero-order valence-electron chi connectivity index (χ0n) is 9.98. The normalized spacial score (nSPS) is 24.1. The van der Waals surface area contributed by atoms with Crippen molar-refractivity contribution in [1.82, 2.24) is 9.88 Å². The van der Waals surface area contributed by atoms with Crippen LogP contribution < -0.4 is 5.73 Å². The van der Waals surface area contributed by atoms with Crippen LogP contribution in [0.5, 0.6) is 0 Å². The molecule has 5 heteroatoms. The van der Waals surface area contributed by atoms with Crippen LogP contribution >= 0.6 is 11.6 Å². The second kappa shape index (κ2) is 4.53. The highest BCUT2D eigenvalue weighted by molar-refractivity contribution is 6.32. The van der Waals surface area contributed by atoms with E-state index >= 15 is 0 Å². The third-order valence-corrected chi connectivity index (χ3v) is 3.44. The molecule has 0 aliphatic carbocycles. The summed E-state index contributed by atoms with van der Waals surface area (Å²) in [5.41, 5.74) is 6.49. The summed E-state index contributed by atoms with van der Waals surface area (Å²) >= 11 is 5.94. The Balaban J connectivity index is 2.28. The van der Waals surface area contributed by atoms with Crippen LogP contribution in [0.15, 0.2) is 12.3 Å². The monoisotopic (exact) mass is 253 g/mol. The second-order valence-electron chi connectivity index (χ2n) is 4.75. The molecular formula is C12H16ClN3O. The summed E-state index contributed by atoms with van der Waals surface area (Å²) in [6.07, 6.45) is 2.48. The van der Waals surface area contributed by atoms with Gasteiger partial charge in [0, 0.05) is 12.6 Å². The summed E-state index contributed by atoms with van der Waals surface area (Å²) in [5.74, 6) is 0.452. The predicted molar refractivity (Wildman–Crippen MR) is 67.9 cm³/mol. The molecule has 0 spiro atoms. The second-order valence-corrected chi connectivity index (χ2v) is 5.11. The number of anilines is 1. The Labute approximate surface area is 106 Å². The largest absolute Gasteiger partial charge is 0.397 e. The number of pyridine rings is 1. The van der Waals surface area contributed by atoms with Gasteiger partial charge in [-0.05, 0) is 25.3 Å². The fraction of sp³-hybridized carbons (Fsp3) is 0.500. The Kier molecular flexibility index (Phi) is 3.24. The number of hydrogen-bond donors (Lipinski definition) is 1. The fourth-order valence-electron chi connectivity index (χ4n) is 2.35. The lowest BCUT2D eigenvalue weighted by Gasteiger charge is -2.21. The molecular weight excluding hydrogens is 238 g/mol. The van der Waals surface area contributed by atoms with Crippen LogP contribution in [-0.4, -0.2) is 28.4 Å². The van der Waals surface area contributed by atoms with E-state index in [9.17, 15) is 4.79 Å². The lowest BCUT2D eigenvalue weighted by Crippen LogP contribution is -2.34. The third-order valence-electron chi connectivity index (χ3n) is 3.14. The van der Waals surface area contributed by atoms with E-state index < -0.39 is 0 Å². The number of likely N-dealkylation sites (tertiary alicyclic amines) is 1. The number of halogens is 1. The molecule has 0 aromatic carbocycles. The van der Waals surface area contributed by atoms with Crippen molar-refractivity contribution in [1.29, 1.82) is 0 Å². The van der Waals surface area contributed by atoms with Crippen LogP contribution in [0.4, 0.5) is 5.69 Å². The number of nitrogen functional groups attached to an aromatic ring is 1. The number of amides is 1. The first kappa shape index (κ1) is 12.2. The number of carbonyl (C=O) groups excluding carboxylic acids is 1. The molecule has 2 rings (SSSR count). The van der Waals surface area contributed by atoms with Gasteiger partial charge in [0.05, 0.1) is 17.4 Å². The van der Waals surface area contributed by atoms with Crippen molar-refractivity contribution in [2.45, 2.75) is 26.3 Å². The zero-order valence-corrected chi connectivity index (χ0v) is 10.7. The molecule has 1 aliphatic heterocycles. The average molecular weight is 254 g/mol. The first-order valence-corrected chi connectivity index (χ1v) is 6.09. The van der Waals surface area contributed by atoms with Gasteiger partial charge in [-0.3, -0.25) is 4.79 Å². The maximum Gasteiger partial charge on any atom is 0.257 e. The maximum absolute atomic E-state index is 12.3. The van der Waals surface area contributed by atoms with Gasteiger partial charge in [0.1, 0.15) is 5.15 Å². The number of nitrogens with two attached hydrogens (primary N) is 1. The Morgan fingerprint density at radius 3 is 2.88 bits per heavy atom. The first-order chi connectivity index (χ1) is 7.99. The minimum absolute atomic E-state index is 0.0772. The van der Waals surface area contributed by atoms with E-state index in [1.807, 2.05) is 4.90 Å². The van der Waals surface area contributed by atoms with Gasteiger partial charge >= 0.3 is 0 Å². The van der Waals surface area contributed by atoms with Gasteiger partial charge in [0.25, 0.3) is 5.91 Å². The van der Waals surface area contributed by atoms with Crippen molar-refractivity contribution < 1.29 is 4.79 Å². The van der Waals surface area contributed by atoms with E-state index in [4.69, 9.17) is 17.3 Å². The van der Waals surface area contributed by atoms with Crippen molar-refractivity contribution in [2.24, 2.45) is 5.92 Å². The Bertz CT molecular complexity index is 449. The molecule has 0 bridgehead atoms. The lowest BCUT2D eigenvalue weighted by atomic mass is 10.1. The molecule has 2 unspecified atom stereocenters. The van der Waals surface area contributed by atoms with E-state index in [2.05, 4.69) is 18.8 Å². The Morgan fingerprint density at radius 2 is 2.29 bits per heavy atom. The summed E-state index contributed by atoms with van der Waals surface area (Å²) < 4.78 is 0.